The van der Waals surface area contributed by atoms with Gasteiger partial charge < -0.3 is 15.8 Å². The SMILES string of the molecule is CC1(C)CC(NC(=O)CC(N)c2ccccc2)c2ccccc2O1. The lowest BCUT2D eigenvalue weighted by molar-refractivity contribution is -0.122. The van der Waals surface area contributed by atoms with Crippen molar-refractivity contribution in [3.8, 4) is 5.75 Å². The van der Waals surface area contributed by atoms with Crippen LogP contribution >= 0.6 is 0 Å². The van der Waals surface area contributed by atoms with Crippen LogP contribution in [0.5, 0.6) is 5.75 Å². The number of benzene rings is 2. The number of hydrogen-bond donors (Lipinski definition) is 2. The van der Waals surface area contributed by atoms with Crippen molar-refractivity contribution >= 4 is 5.91 Å². The second-order valence-electron chi connectivity index (χ2n) is 6.95. The first kappa shape index (κ1) is 16.5. The number of carbonyl (C=O) groups excluding carboxylic acids is 1. The first-order chi connectivity index (χ1) is 11.4. The Labute approximate surface area is 143 Å². The second kappa shape index (κ2) is 6.65. The van der Waals surface area contributed by atoms with Crippen LogP contribution in [0, 0.1) is 0 Å². The summed E-state index contributed by atoms with van der Waals surface area (Å²) < 4.78 is 6.01. The maximum atomic E-state index is 12.5. The quantitative estimate of drug-likeness (QED) is 0.905. The molecular weight excluding hydrogens is 300 g/mol. The van der Waals surface area contributed by atoms with Crippen molar-refractivity contribution in [2.75, 3.05) is 0 Å². The molecule has 4 heteroatoms. The van der Waals surface area contributed by atoms with Gasteiger partial charge in [0.25, 0.3) is 0 Å². The standard InChI is InChI=1S/C20H24N2O2/c1-20(2)13-17(15-10-6-7-11-18(15)24-20)22-19(23)12-16(21)14-8-4-3-5-9-14/h3-11,16-17H,12-13,21H2,1-2H3,(H,22,23). The lowest BCUT2D eigenvalue weighted by Crippen LogP contribution is -2.41. The zero-order valence-corrected chi connectivity index (χ0v) is 14.2. The van der Waals surface area contributed by atoms with Gasteiger partial charge in [-0.15, -0.1) is 0 Å². The van der Waals surface area contributed by atoms with E-state index in [1.165, 1.54) is 0 Å². The van der Waals surface area contributed by atoms with E-state index in [1.54, 1.807) is 0 Å². The number of nitrogens with two attached hydrogens (primary N) is 1. The van der Waals surface area contributed by atoms with Crippen molar-refractivity contribution in [2.24, 2.45) is 5.73 Å². The van der Waals surface area contributed by atoms with E-state index in [2.05, 4.69) is 5.32 Å². The molecule has 2 atom stereocenters. The maximum Gasteiger partial charge on any atom is 0.222 e. The molecule has 0 saturated heterocycles. The average Bonchev–Trinajstić information content (AvgIpc) is 2.54. The highest BCUT2D eigenvalue weighted by molar-refractivity contribution is 5.77. The number of hydrogen-bond acceptors (Lipinski definition) is 3. The summed E-state index contributed by atoms with van der Waals surface area (Å²) in [6.07, 6.45) is 1.00. The minimum atomic E-state index is -0.312. The molecular formula is C20H24N2O2. The Morgan fingerprint density at radius 2 is 1.88 bits per heavy atom. The van der Waals surface area contributed by atoms with Crippen LogP contribution < -0.4 is 15.8 Å². The Balaban J connectivity index is 1.70. The third-order valence-electron chi connectivity index (χ3n) is 4.34. The van der Waals surface area contributed by atoms with Crippen molar-refractivity contribution in [1.82, 2.24) is 5.32 Å². The van der Waals surface area contributed by atoms with Crippen LogP contribution in [0.3, 0.4) is 0 Å². The van der Waals surface area contributed by atoms with E-state index in [9.17, 15) is 4.79 Å². The van der Waals surface area contributed by atoms with Gasteiger partial charge in [-0.25, -0.2) is 0 Å². The van der Waals surface area contributed by atoms with Gasteiger partial charge in [0.1, 0.15) is 11.4 Å². The topological polar surface area (TPSA) is 64.4 Å². The average molecular weight is 324 g/mol. The lowest BCUT2D eigenvalue weighted by atomic mass is 9.89. The minimum Gasteiger partial charge on any atom is -0.487 e. The van der Waals surface area contributed by atoms with E-state index in [4.69, 9.17) is 10.5 Å². The smallest absolute Gasteiger partial charge is 0.222 e. The molecule has 3 rings (SSSR count). The summed E-state index contributed by atoms with van der Waals surface area (Å²) in [4.78, 5) is 12.5. The van der Waals surface area contributed by atoms with Crippen LogP contribution in [0.2, 0.25) is 0 Å². The number of para-hydroxylation sites is 1. The number of rotatable bonds is 4. The highest BCUT2D eigenvalue weighted by Crippen LogP contribution is 2.39. The Kier molecular flexibility index (Phi) is 4.58. The van der Waals surface area contributed by atoms with Gasteiger partial charge in [0.2, 0.25) is 5.91 Å². The van der Waals surface area contributed by atoms with Crippen molar-refractivity contribution in [2.45, 2.75) is 44.4 Å². The molecule has 0 saturated carbocycles. The molecule has 2 unspecified atom stereocenters. The van der Waals surface area contributed by atoms with Crippen LogP contribution in [-0.4, -0.2) is 11.5 Å². The van der Waals surface area contributed by atoms with Crippen molar-refractivity contribution in [1.29, 1.82) is 0 Å². The molecule has 0 fully saturated rings. The van der Waals surface area contributed by atoms with Gasteiger partial charge in [-0.1, -0.05) is 48.5 Å². The summed E-state index contributed by atoms with van der Waals surface area (Å²) >= 11 is 0. The molecule has 4 nitrogen and oxygen atoms in total. The number of nitrogens with one attached hydrogen (secondary N) is 1. The summed E-state index contributed by atoms with van der Waals surface area (Å²) in [5, 5.41) is 3.13. The number of amides is 1. The molecule has 3 N–H and O–H groups in total. The first-order valence-electron chi connectivity index (χ1n) is 8.32. The molecule has 0 bridgehead atoms. The normalized spacial score (nSPS) is 19.7. The minimum absolute atomic E-state index is 0.0381. The predicted octanol–water partition coefficient (Wildman–Crippen LogP) is 3.50. The molecule has 1 aliphatic heterocycles. The summed E-state index contributed by atoms with van der Waals surface area (Å²) in [5.41, 5.74) is 7.85. The molecule has 1 amide bonds. The Morgan fingerprint density at radius 1 is 1.21 bits per heavy atom. The molecule has 2 aromatic rings. The molecule has 1 aliphatic rings. The Bertz CT molecular complexity index is 713. The third-order valence-corrected chi connectivity index (χ3v) is 4.34. The zero-order valence-electron chi connectivity index (χ0n) is 14.2. The number of fused-ring (bicyclic) bond motifs is 1. The van der Waals surface area contributed by atoms with E-state index >= 15 is 0 Å². The number of carbonyl (C=O) groups is 1. The third kappa shape index (κ3) is 3.77. The second-order valence-corrected chi connectivity index (χ2v) is 6.95. The lowest BCUT2D eigenvalue weighted by Gasteiger charge is -2.38. The largest absolute Gasteiger partial charge is 0.487 e. The van der Waals surface area contributed by atoms with Crippen molar-refractivity contribution in [3.05, 3.63) is 65.7 Å². The van der Waals surface area contributed by atoms with Crippen molar-refractivity contribution in [3.63, 3.8) is 0 Å². The monoisotopic (exact) mass is 324 g/mol. The van der Waals surface area contributed by atoms with Gasteiger partial charge in [-0.3, -0.25) is 4.79 Å². The fourth-order valence-electron chi connectivity index (χ4n) is 3.20. The fourth-order valence-corrected chi connectivity index (χ4v) is 3.20. The zero-order chi connectivity index (χ0) is 17.2. The molecule has 1 heterocycles. The van der Waals surface area contributed by atoms with Crippen LogP contribution in [0.4, 0.5) is 0 Å². The van der Waals surface area contributed by atoms with Crippen LogP contribution in [0.15, 0.2) is 54.6 Å². The molecule has 0 aromatic heterocycles. The Hall–Kier alpha value is -2.33. The van der Waals surface area contributed by atoms with Gasteiger partial charge in [0.15, 0.2) is 0 Å². The molecule has 0 aliphatic carbocycles. The van der Waals surface area contributed by atoms with E-state index in [0.29, 0.717) is 0 Å². The highest BCUT2D eigenvalue weighted by atomic mass is 16.5. The van der Waals surface area contributed by atoms with E-state index < -0.39 is 0 Å². The Morgan fingerprint density at radius 3 is 2.62 bits per heavy atom. The fraction of sp³-hybridized carbons (Fsp3) is 0.350. The number of ether oxygens (including phenoxy) is 1. The van der Waals surface area contributed by atoms with Gasteiger partial charge >= 0.3 is 0 Å². The summed E-state index contributed by atoms with van der Waals surface area (Å²) in [6.45, 7) is 4.08. The van der Waals surface area contributed by atoms with E-state index in [-0.39, 0.29) is 30.0 Å². The van der Waals surface area contributed by atoms with Gasteiger partial charge in [0.05, 0.1) is 6.04 Å². The van der Waals surface area contributed by atoms with E-state index in [0.717, 1.165) is 23.3 Å². The van der Waals surface area contributed by atoms with Crippen LogP contribution in [0.25, 0.3) is 0 Å². The molecule has 0 spiro atoms. The maximum absolute atomic E-state index is 12.5. The van der Waals surface area contributed by atoms with Gasteiger partial charge in [-0.2, -0.15) is 0 Å². The van der Waals surface area contributed by atoms with Gasteiger partial charge in [-0.05, 0) is 25.5 Å². The highest BCUT2D eigenvalue weighted by Gasteiger charge is 2.34. The summed E-state index contributed by atoms with van der Waals surface area (Å²) in [5.74, 6) is 0.801. The van der Waals surface area contributed by atoms with Crippen molar-refractivity contribution < 1.29 is 9.53 Å². The summed E-state index contributed by atoms with van der Waals surface area (Å²) in [6, 6.07) is 17.2. The summed E-state index contributed by atoms with van der Waals surface area (Å²) in [7, 11) is 0. The van der Waals surface area contributed by atoms with Crippen LogP contribution in [0.1, 0.15) is 49.9 Å². The van der Waals surface area contributed by atoms with E-state index in [1.807, 2.05) is 68.4 Å². The molecule has 24 heavy (non-hydrogen) atoms. The molecule has 0 radical (unpaired) electrons. The molecule has 126 valence electrons. The predicted molar refractivity (Wildman–Crippen MR) is 94.6 cm³/mol. The first-order valence-corrected chi connectivity index (χ1v) is 8.32. The molecule has 2 aromatic carbocycles. The van der Waals surface area contributed by atoms with Crippen LogP contribution in [-0.2, 0) is 4.79 Å². The van der Waals surface area contributed by atoms with Gasteiger partial charge in [0, 0.05) is 24.4 Å².